The van der Waals surface area contributed by atoms with Crippen molar-refractivity contribution in [2.75, 3.05) is 27.9 Å². The third-order valence-electron chi connectivity index (χ3n) is 5.96. The number of hydrogen-bond acceptors (Lipinski definition) is 5. The number of ether oxygens (including phenoxy) is 4. The summed E-state index contributed by atoms with van der Waals surface area (Å²) in [5, 5.41) is 1.14. The molecular weight excluding hydrogens is 428 g/mol. The molecule has 0 saturated carbocycles. The van der Waals surface area contributed by atoms with Gasteiger partial charge in [0.2, 0.25) is 5.75 Å². The number of H-pyrrole nitrogens is 1. The van der Waals surface area contributed by atoms with Crippen molar-refractivity contribution in [1.82, 2.24) is 4.98 Å². The maximum Gasteiger partial charge on any atom is 0.203 e. The topological polar surface area (TPSA) is 78.7 Å². The minimum atomic E-state index is 0.527. The first-order valence-corrected chi connectivity index (χ1v) is 11.5. The van der Waals surface area contributed by atoms with Crippen LogP contribution in [0, 0.1) is 0 Å². The van der Waals surface area contributed by atoms with Crippen molar-refractivity contribution >= 4 is 10.9 Å². The van der Waals surface area contributed by atoms with E-state index in [0.29, 0.717) is 30.4 Å². The van der Waals surface area contributed by atoms with Crippen LogP contribution in [0.3, 0.4) is 0 Å². The van der Waals surface area contributed by atoms with E-state index in [9.17, 15) is 0 Å². The highest BCUT2D eigenvalue weighted by atomic mass is 16.5. The number of benzene rings is 3. The average Bonchev–Trinajstić information content (AvgIpc) is 3.25. The van der Waals surface area contributed by atoms with E-state index in [1.807, 2.05) is 36.4 Å². The SMILES string of the molecule is COc1cc(-c2[nH]c3ccc(OCc4ccccc4)cc3c2CCCCN)cc(OC)c1OC. The van der Waals surface area contributed by atoms with Crippen LogP contribution in [0.2, 0.25) is 0 Å². The standard InChI is InChI=1S/C28H32N2O4/c1-31-25-15-20(16-26(32-2)28(25)33-3)27-22(11-7-8-14-29)23-17-21(12-13-24(23)30-27)34-18-19-9-5-4-6-10-19/h4-6,9-10,12-13,15-17,30H,7-8,11,14,18,29H2,1-3H3. The molecule has 0 atom stereocenters. The van der Waals surface area contributed by atoms with E-state index >= 15 is 0 Å². The minimum absolute atomic E-state index is 0.527. The Morgan fingerprint density at radius 2 is 1.56 bits per heavy atom. The summed E-state index contributed by atoms with van der Waals surface area (Å²) in [5.74, 6) is 2.66. The van der Waals surface area contributed by atoms with Gasteiger partial charge in [-0.05, 0) is 67.3 Å². The van der Waals surface area contributed by atoms with Gasteiger partial charge in [-0.3, -0.25) is 0 Å². The van der Waals surface area contributed by atoms with Gasteiger partial charge in [-0.1, -0.05) is 30.3 Å². The number of nitrogens with two attached hydrogens (primary N) is 1. The molecule has 0 unspecified atom stereocenters. The number of unbranched alkanes of at least 4 members (excludes halogenated alkanes) is 1. The average molecular weight is 461 g/mol. The third kappa shape index (κ3) is 4.97. The summed E-state index contributed by atoms with van der Waals surface area (Å²) in [5.41, 5.74) is 11.2. The van der Waals surface area contributed by atoms with Gasteiger partial charge in [0.1, 0.15) is 12.4 Å². The highest BCUT2D eigenvalue weighted by Crippen LogP contribution is 2.43. The number of fused-ring (bicyclic) bond motifs is 1. The summed E-state index contributed by atoms with van der Waals surface area (Å²) < 4.78 is 22.8. The Hall–Kier alpha value is -3.64. The first-order chi connectivity index (χ1) is 16.7. The zero-order chi connectivity index (χ0) is 23.9. The Morgan fingerprint density at radius 3 is 2.21 bits per heavy atom. The molecule has 1 heterocycles. The second-order valence-corrected chi connectivity index (χ2v) is 8.12. The van der Waals surface area contributed by atoms with E-state index in [0.717, 1.165) is 52.7 Å². The van der Waals surface area contributed by atoms with Gasteiger partial charge in [-0.15, -0.1) is 0 Å². The normalized spacial score (nSPS) is 10.9. The predicted molar refractivity (Wildman–Crippen MR) is 136 cm³/mol. The number of aromatic nitrogens is 1. The summed E-state index contributed by atoms with van der Waals surface area (Å²) in [7, 11) is 4.87. The highest BCUT2D eigenvalue weighted by Gasteiger charge is 2.19. The minimum Gasteiger partial charge on any atom is -0.493 e. The molecule has 4 aromatic rings. The fourth-order valence-corrected chi connectivity index (χ4v) is 4.24. The zero-order valence-electron chi connectivity index (χ0n) is 20.0. The van der Waals surface area contributed by atoms with Crippen LogP contribution < -0.4 is 24.7 Å². The van der Waals surface area contributed by atoms with Crippen LogP contribution in [0.1, 0.15) is 24.0 Å². The van der Waals surface area contributed by atoms with Gasteiger partial charge < -0.3 is 29.7 Å². The summed E-state index contributed by atoms with van der Waals surface area (Å²) in [6, 6.07) is 20.3. The molecule has 0 aliphatic heterocycles. The van der Waals surface area contributed by atoms with E-state index in [1.54, 1.807) is 21.3 Å². The van der Waals surface area contributed by atoms with E-state index in [1.165, 1.54) is 5.56 Å². The number of hydrogen-bond donors (Lipinski definition) is 2. The van der Waals surface area contributed by atoms with Gasteiger partial charge in [-0.2, -0.15) is 0 Å². The molecule has 0 spiro atoms. The Morgan fingerprint density at radius 1 is 0.824 bits per heavy atom. The zero-order valence-corrected chi connectivity index (χ0v) is 20.0. The van der Waals surface area contributed by atoms with Crippen LogP contribution in [0.5, 0.6) is 23.0 Å². The third-order valence-corrected chi connectivity index (χ3v) is 5.96. The van der Waals surface area contributed by atoms with Crippen molar-refractivity contribution < 1.29 is 18.9 Å². The van der Waals surface area contributed by atoms with Crippen LogP contribution in [-0.2, 0) is 13.0 Å². The Labute approximate surface area is 200 Å². The van der Waals surface area contributed by atoms with Crippen molar-refractivity contribution in [2.24, 2.45) is 5.73 Å². The maximum absolute atomic E-state index is 6.11. The summed E-state index contributed by atoms with van der Waals surface area (Å²) >= 11 is 0. The van der Waals surface area contributed by atoms with E-state index < -0.39 is 0 Å². The van der Waals surface area contributed by atoms with Crippen LogP contribution in [0.15, 0.2) is 60.7 Å². The number of rotatable bonds is 11. The smallest absolute Gasteiger partial charge is 0.203 e. The number of aromatic amines is 1. The Bertz CT molecular complexity index is 1210. The molecule has 6 nitrogen and oxygen atoms in total. The van der Waals surface area contributed by atoms with Crippen LogP contribution in [0.25, 0.3) is 22.2 Å². The Balaban J connectivity index is 1.76. The molecule has 0 saturated heterocycles. The van der Waals surface area contributed by atoms with E-state index in [-0.39, 0.29) is 0 Å². The van der Waals surface area contributed by atoms with Gasteiger partial charge in [0, 0.05) is 22.2 Å². The molecule has 0 radical (unpaired) electrons. The molecule has 0 aliphatic rings. The van der Waals surface area contributed by atoms with Crippen molar-refractivity contribution in [1.29, 1.82) is 0 Å². The summed E-state index contributed by atoms with van der Waals surface area (Å²) in [6.07, 6.45) is 2.85. The number of aryl methyl sites for hydroxylation is 1. The highest BCUT2D eigenvalue weighted by molar-refractivity contribution is 5.92. The molecule has 4 rings (SSSR count). The van der Waals surface area contributed by atoms with Gasteiger partial charge in [0.15, 0.2) is 11.5 Å². The lowest BCUT2D eigenvalue weighted by molar-refractivity contribution is 0.306. The van der Waals surface area contributed by atoms with Crippen LogP contribution >= 0.6 is 0 Å². The lowest BCUT2D eigenvalue weighted by atomic mass is 9.99. The predicted octanol–water partition coefficient (Wildman–Crippen LogP) is 5.72. The molecule has 0 bridgehead atoms. The molecular formula is C28H32N2O4. The molecule has 34 heavy (non-hydrogen) atoms. The van der Waals surface area contributed by atoms with E-state index in [2.05, 4.69) is 29.2 Å². The Kier molecular flexibility index (Phi) is 7.60. The summed E-state index contributed by atoms with van der Waals surface area (Å²) in [6.45, 7) is 1.20. The van der Waals surface area contributed by atoms with Crippen molar-refractivity contribution in [3.63, 3.8) is 0 Å². The number of nitrogens with one attached hydrogen (secondary N) is 1. The fourth-order valence-electron chi connectivity index (χ4n) is 4.24. The second kappa shape index (κ2) is 11.0. The first kappa shape index (κ1) is 23.5. The van der Waals surface area contributed by atoms with Gasteiger partial charge in [-0.25, -0.2) is 0 Å². The first-order valence-electron chi connectivity index (χ1n) is 11.5. The molecule has 3 N–H and O–H groups in total. The van der Waals surface area contributed by atoms with Crippen molar-refractivity contribution in [3.05, 3.63) is 71.8 Å². The van der Waals surface area contributed by atoms with Gasteiger partial charge >= 0.3 is 0 Å². The largest absolute Gasteiger partial charge is 0.493 e. The monoisotopic (exact) mass is 460 g/mol. The van der Waals surface area contributed by atoms with Crippen LogP contribution in [0.4, 0.5) is 0 Å². The second-order valence-electron chi connectivity index (χ2n) is 8.12. The fraction of sp³-hybridized carbons (Fsp3) is 0.286. The summed E-state index contributed by atoms with van der Waals surface area (Å²) in [4.78, 5) is 3.61. The molecule has 178 valence electrons. The molecule has 6 heteroatoms. The number of methoxy groups -OCH3 is 3. The van der Waals surface area contributed by atoms with Gasteiger partial charge in [0.05, 0.1) is 21.3 Å². The van der Waals surface area contributed by atoms with Crippen LogP contribution in [-0.4, -0.2) is 32.9 Å². The lowest BCUT2D eigenvalue weighted by Gasteiger charge is -2.14. The maximum atomic E-state index is 6.11. The quantitative estimate of drug-likeness (QED) is 0.280. The molecule has 0 aliphatic carbocycles. The van der Waals surface area contributed by atoms with E-state index in [4.69, 9.17) is 24.7 Å². The molecule has 0 amide bonds. The van der Waals surface area contributed by atoms with Crippen molar-refractivity contribution in [2.45, 2.75) is 25.9 Å². The van der Waals surface area contributed by atoms with Gasteiger partial charge in [0.25, 0.3) is 0 Å². The molecule has 1 aromatic heterocycles. The molecule has 0 fully saturated rings. The van der Waals surface area contributed by atoms with Crippen molar-refractivity contribution in [3.8, 4) is 34.3 Å². The lowest BCUT2D eigenvalue weighted by Crippen LogP contribution is -2.00. The molecule has 3 aromatic carbocycles.